The monoisotopic (exact) mass is 269 g/mol. The minimum atomic E-state index is -0.0227. The van der Waals surface area contributed by atoms with Crippen LogP contribution in [-0.4, -0.2) is 9.55 Å². The fourth-order valence-corrected chi connectivity index (χ4v) is 2.86. The Morgan fingerprint density at radius 3 is 3.00 bits per heavy atom. The molecule has 92 valence electrons. The smallest absolute Gasteiger partial charge is 0.110 e. The Hall–Kier alpha value is -0.840. The van der Waals surface area contributed by atoms with Gasteiger partial charge in [0.05, 0.1) is 4.34 Å². The summed E-state index contributed by atoms with van der Waals surface area (Å²) in [7, 11) is 0. The Bertz CT molecular complexity index is 478. The highest BCUT2D eigenvalue weighted by molar-refractivity contribution is 7.16. The quantitative estimate of drug-likeness (QED) is 0.906. The van der Waals surface area contributed by atoms with Crippen LogP contribution in [0.4, 0.5) is 0 Å². The molecule has 0 fully saturated rings. The van der Waals surface area contributed by atoms with Crippen LogP contribution in [0.3, 0.4) is 0 Å². The maximum atomic E-state index is 6.16. The topological polar surface area (TPSA) is 43.8 Å². The maximum Gasteiger partial charge on any atom is 0.110 e. The number of hydrogen-bond donors (Lipinski definition) is 1. The first-order valence-corrected chi connectivity index (χ1v) is 6.91. The SMILES string of the molecule is CCCn1ccnc1CC(N)c1ccc(Cl)s1. The minimum absolute atomic E-state index is 0.0227. The third-order valence-corrected chi connectivity index (χ3v) is 3.99. The van der Waals surface area contributed by atoms with Crippen molar-refractivity contribution in [1.82, 2.24) is 9.55 Å². The van der Waals surface area contributed by atoms with Gasteiger partial charge in [-0.2, -0.15) is 0 Å². The van der Waals surface area contributed by atoms with E-state index in [1.807, 2.05) is 24.5 Å². The van der Waals surface area contributed by atoms with Gasteiger partial charge in [0.1, 0.15) is 5.82 Å². The molecule has 0 spiro atoms. The summed E-state index contributed by atoms with van der Waals surface area (Å²) in [5.41, 5.74) is 6.16. The van der Waals surface area contributed by atoms with E-state index in [1.165, 1.54) is 0 Å². The second-order valence-corrected chi connectivity index (χ2v) is 5.74. The van der Waals surface area contributed by atoms with Crippen molar-refractivity contribution < 1.29 is 0 Å². The van der Waals surface area contributed by atoms with Crippen molar-refractivity contribution in [1.29, 1.82) is 0 Å². The van der Waals surface area contributed by atoms with Crippen LogP contribution in [0.25, 0.3) is 0 Å². The highest BCUT2D eigenvalue weighted by Crippen LogP contribution is 2.27. The van der Waals surface area contributed by atoms with Gasteiger partial charge in [-0.05, 0) is 18.6 Å². The Morgan fingerprint density at radius 2 is 2.35 bits per heavy atom. The number of thiophene rings is 1. The van der Waals surface area contributed by atoms with E-state index >= 15 is 0 Å². The second-order valence-electron chi connectivity index (χ2n) is 3.99. The van der Waals surface area contributed by atoms with E-state index in [2.05, 4.69) is 16.5 Å². The fourth-order valence-electron chi connectivity index (χ4n) is 1.80. The van der Waals surface area contributed by atoms with Gasteiger partial charge in [-0.25, -0.2) is 4.98 Å². The van der Waals surface area contributed by atoms with Crippen LogP contribution in [0.2, 0.25) is 4.34 Å². The van der Waals surface area contributed by atoms with Crippen LogP contribution in [0.5, 0.6) is 0 Å². The predicted molar refractivity (Wildman–Crippen MR) is 72.5 cm³/mol. The van der Waals surface area contributed by atoms with Crippen molar-refractivity contribution in [2.24, 2.45) is 5.73 Å². The van der Waals surface area contributed by atoms with E-state index in [0.717, 1.165) is 34.4 Å². The van der Waals surface area contributed by atoms with Crippen molar-refractivity contribution in [3.8, 4) is 0 Å². The zero-order valence-corrected chi connectivity index (χ0v) is 11.3. The van der Waals surface area contributed by atoms with Crippen molar-refractivity contribution in [2.45, 2.75) is 32.4 Å². The molecule has 3 nitrogen and oxygen atoms in total. The summed E-state index contributed by atoms with van der Waals surface area (Å²) in [5.74, 6) is 1.05. The molecule has 0 saturated heterocycles. The number of aryl methyl sites for hydroxylation is 1. The van der Waals surface area contributed by atoms with Gasteiger partial charge in [0, 0.05) is 36.3 Å². The Morgan fingerprint density at radius 1 is 1.53 bits per heavy atom. The molecule has 2 aromatic rings. The summed E-state index contributed by atoms with van der Waals surface area (Å²) in [5, 5.41) is 0. The van der Waals surface area contributed by atoms with Crippen LogP contribution in [0, 0.1) is 0 Å². The molecular formula is C12H16ClN3S. The molecule has 5 heteroatoms. The molecule has 0 aromatic carbocycles. The molecule has 2 heterocycles. The zero-order valence-electron chi connectivity index (χ0n) is 9.77. The molecule has 0 aliphatic heterocycles. The molecule has 2 N–H and O–H groups in total. The van der Waals surface area contributed by atoms with E-state index in [1.54, 1.807) is 11.3 Å². The maximum absolute atomic E-state index is 6.16. The van der Waals surface area contributed by atoms with E-state index in [4.69, 9.17) is 17.3 Å². The van der Waals surface area contributed by atoms with Crippen LogP contribution >= 0.6 is 22.9 Å². The Labute approximate surface area is 110 Å². The normalized spacial score (nSPS) is 12.9. The number of rotatable bonds is 5. The van der Waals surface area contributed by atoms with Crippen molar-refractivity contribution in [3.05, 3.63) is 39.6 Å². The Balaban J connectivity index is 2.07. The molecule has 0 bridgehead atoms. The van der Waals surface area contributed by atoms with Gasteiger partial charge >= 0.3 is 0 Å². The van der Waals surface area contributed by atoms with Gasteiger partial charge in [-0.1, -0.05) is 18.5 Å². The largest absolute Gasteiger partial charge is 0.335 e. The highest BCUT2D eigenvalue weighted by Gasteiger charge is 2.12. The van der Waals surface area contributed by atoms with Crippen LogP contribution in [0.15, 0.2) is 24.5 Å². The molecule has 0 radical (unpaired) electrons. The number of nitrogens with two attached hydrogens (primary N) is 1. The summed E-state index contributed by atoms with van der Waals surface area (Å²) in [6, 6.07) is 3.86. The zero-order chi connectivity index (χ0) is 12.3. The van der Waals surface area contributed by atoms with Gasteiger partial charge in [0.15, 0.2) is 0 Å². The van der Waals surface area contributed by atoms with Crippen LogP contribution < -0.4 is 5.73 Å². The van der Waals surface area contributed by atoms with Gasteiger partial charge in [-0.15, -0.1) is 11.3 Å². The van der Waals surface area contributed by atoms with E-state index in [9.17, 15) is 0 Å². The number of nitrogens with zero attached hydrogens (tertiary/aromatic N) is 2. The van der Waals surface area contributed by atoms with Crippen molar-refractivity contribution >= 4 is 22.9 Å². The average Bonchev–Trinajstić information content (AvgIpc) is 2.89. The lowest BCUT2D eigenvalue weighted by atomic mass is 10.2. The molecule has 1 unspecified atom stereocenters. The molecule has 0 aliphatic rings. The summed E-state index contributed by atoms with van der Waals surface area (Å²) >= 11 is 7.45. The molecule has 0 amide bonds. The van der Waals surface area contributed by atoms with Crippen molar-refractivity contribution in [3.63, 3.8) is 0 Å². The number of aromatic nitrogens is 2. The number of halogens is 1. The van der Waals surface area contributed by atoms with E-state index < -0.39 is 0 Å². The lowest BCUT2D eigenvalue weighted by molar-refractivity contribution is 0.602. The summed E-state index contributed by atoms with van der Waals surface area (Å²) in [6.07, 6.45) is 5.69. The van der Waals surface area contributed by atoms with Gasteiger partial charge < -0.3 is 10.3 Å². The third kappa shape index (κ3) is 3.09. The van der Waals surface area contributed by atoms with Gasteiger partial charge in [0.25, 0.3) is 0 Å². The average molecular weight is 270 g/mol. The first-order valence-electron chi connectivity index (χ1n) is 5.71. The predicted octanol–water partition coefficient (Wildman–Crippen LogP) is 3.25. The van der Waals surface area contributed by atoms with Gasteiger partial charge in [0.2, 0.25) is 0 Å². The standard InChI is InChI=1S/C12H16ClN3S/c1-2-6-16-7-5-15-12(16)8-9(14)10-3-4-11(13)17-10/h3-5,7,9H,2,6,8,14H2,1H3. The summed E-state index contributed by atoms with van der Waals surface area (Å²) in [4.78, 5) is 5.47. The fraction of sp³-hybridized carbons (Fsp3) is 0.417. The Kier molecular flexibility index (Phi) is 4.20. The molecule has 2 rings (SSSR count). The highest BCUT2D eigenvalue weighted by atomic mass is 35.5. The molecule has 1 atom stereocenters. The molecule has 0 saturated carbocycles. The third-order valence-electron chi connectivity index (χ3n) is 2.63. The van der Waals surface area contributed by atoms with Crippen LogP contribution in [0.1, 0.15) is 30.1 Å². The first-order chi connectivity index (χ1) is 8.20. The first kappa shape index (κ1) is 12.6. The lowest BCUT2D eigenvalue weighted by Crippen LogP contribution is -2.15. The van der Waals surface area contributed by atoms with Crippen molar-refractivity contribution in [2.75, 3.05) is 0 Å². The van der Waals surface area contributed by atoms with E-state index in [-0.39, 0.29) is 6.04 Å². The minimum Gasteiger partial charge on any atom is -0.335 e. The van der Waals surface area contributed by atoms with Crippen LogP contribution in [-0.2, 0) is 13.0 Å². The lowest BCUT2D eigenvalue weighted by Gasteiger charge is -2.11. The van der Waals surface area contributed by atoms with E-state index in [0.29, 0.717) is 0 Å². The number of imidazole rings is 1. The molecule has 17 heavy (non-hydrogen) atoms. The molecular weight excluding hydrogens is 254 g/mol. The summed E-state index contributed by atoms with van der Waals surface area (Å²) < 4.78 is 2.95. The molecule has 2 aromatic heterocycles. The molecule has 0 aliphatic carbocycles. The second kappa shape index (κ2) is 5.67. The van der Waals surface area contributed by atoms with Gasteiger partial charge in [-0.3, -0.25) is 0 Å². The summed E-state index contributed by atoms with van der Waals surface area (Å²) in [6.45, 7) is 3.15. The number of hydrogen-bond acceptors (Lipinski definition) is 3.